The van der Waals surface area contributed by atoms with E-state index in [0.717, 1.165) is 0 Å². The fourth-order valence-electron chi connectivity index (χ4n) is 3.93. The molecule has 0 saturated heterocycles. The van der Waals surface area contributed by atoms with Gasteiger partial charge in [-0.15, -0.1) is 31.7 Å². The second kappa shape index (κ2) is 7.08. The van der Waals surface area contributed by atoms with E-state index in [-0.39, 0.29) is 88.3 Å². The van der Waals surface area contributed by atoms with E-state index in [2.05, 4.69) is 30.2 Å². The number of rotatable bonds is 1. The Morgan fingerprint density at radius 3 is 1.41 bits per heavy atom. The van der Waals surface area contributed by atoms with Gasteiger partial charge in [0.1, 0.15) is 54.9 Å². The minimum absolute atomic E-state index is 0.0428. The maximum Gasteiger partial charge on any atom is 0.261 e. The molecule has 0 aliphatic carbocycles. The number of hydrogen-bond donors (Lipinski definition) is 0. The van der Waals surface area contributed by atoms with Gasteiger partial charge < -0.3 is 0 Å². The molecule has 14 radical (unpaired) electrons. The first-order valence-electron chi connectivity index (χ1n) is 9.35. The van der Waals surface area contributed by atoms with Gasteiger partial charge in [0.15, 0.2) is 5.82 Å². The second-order valence-corrected chi connectivity index (χ2v) is 8.03. The van der Waals surface area contributed by atoms with Gasteiger partial charge in [0.05, 0.1) is 0 Å². The molecule has 0 bridgehead atoms. The van der Waals surface area contributed by atoms with Crippen LogP contribution in [0, 0.1) is 0 Å². The predicted octanol–water partition coefficient (Wildman–Crippen LogP) is -5.50. The Balaban J connectivity index is 1.84. The van der Waals surface area contributed by atoms with Crippen LogP contribution in [0.15, 0.2) is 0 Å². The Hall–Kier alpha value is -2.85. The molecular weight excluding hydrogens is 465 g/mol. The van der Waals surface area contributed by atoms with E-state index in [0.29, 0.717) is 0 Å². The van der Waals surface area contributed by atoms with Crippen molar-refractivity contribution in [1.82, 2.24) is 43.8 Å². The highest BCUT2D eigenvalue weighted by Gasteiger charge is 2.24. The van der Waals surface area contributed by atoms with Crippen molar-refractivity contribution >= 4 is 144 Å². The third-order valence-corrected chi connectivity index (χ3v) is 5.86. The van der Waals surface area contributed by atoms with Crippen molar-refractivity contribution in [3.63, 3.8) is 0 Å². The molecule has 0 N–H and O–H groups in total. The van der Waals surface area contributed by atoms with E-state index in [1.54, 1.807) is 0 Å². The Labute approximate surface area is 209 Å². The molecular formula is C16B7Cl2N9. The van der Waals surface area contributed by atoms with Gasteiger partial charge in [-0.1, -0.05) is 21.9 Å². The van der Waals surface area contributed by atoms with Gasteiger partial charge >= 0.3 is 0 Å². The molecule has 0 aliphatic heterocycles. The topological polar surface area (TPSA) is 90.6 Å². The average molecular weight is 465 g/mol. The molecule has 6 aromatic rings. The van der Waals surface area contributed by atoms with E-state index in [9.17, 15) is 0 Å². The fraction of sp³-hybridized carbons (Fsp3) is 0. The van der Waals surface area contributed by atoms with Gasteiger partial charge in [-0.25, -0.2) is 0 Å². The number of benzene rings is 2. The van der Waals surface area contributed by atoms with Crippen LogP contribution >= 0.6 is 23.2 Å². The highest BCUT2D eigenvalue weighted by atomic mass is 35.5. The molecule has 0 saturated carbocycles. The summed E-state index contributed by atoms with van der Waals surface area (Å²) in [6.45, 7) is 0. The molecule has 0 amide bonds. The normalized spacial score (nSPS) is 12.1. The van der Waals surface area contributed by atoms with E-state index in [1.165, 1.54) is 13.5 Å². The van der Waals surface area contributed by atoms with Crippen LogP contribution in [0.25, 0.3) is 39.5 Å². The lowest BCUT2D eigenvalue weighted by Gasteiger charge is -2.24. The molecule has 0 atom stereocenters. The quantitative estimate of drug-likeness (QED) is 0.226. The molecule has 4 aromatic heterocycles. The van der Waals surface area contributed by atoms with Gasteiger partial charge in [-0.05, 0) is 34.0 Å². The van der Waals surface area contributed by atoms with E-state index in [4.69, 9.17) is 78.1 Å². The largest absolute Gasteiger partial charge is 0.261 e. The smallest absolute Gasteiger partial charge is 0.189 e. The first-order chi connectivity index (χ1) is 16.1. The van der Waals surface area contributed by atoms with Crippen molar-refractivity contribution in [1.29, 1.82) is 0 Å². The molecule has 0 unspecified atom stereocenters. The van der Waals surface area contributed by atoms with E-state index >= 15 is 0 Å². The Morgan fingerprint density at radius 2 is 0.882 bits per heavy atom. The monoisotopic (exact) mass is 465 g/mol. The SMILES string of the molecule is [B]c1c([B])c([B])c2c(-c3nc4n5nc(Cl)nc5n5nc(Cl)nc5n4n3)c([B])c([B])c([B])c2c1[B]. The predicted molar refractivity (Wildman–Crippen MR) is 137 cm³/mol. The first kappa shape index (κ1) is 21.7. The zero-order valence-corrected chi connectivity index (χ0v) is 18.3. The van der Waals surface area contributed by atoms with Gasteiger partial charge in [-0.3, -0.25) is 0 Å². The van der Waals surface area contributed by atoms with Crippen molar-refractivity contribution in [2.75, 3.05) is 0 Å². The molecule has 0 fully saturated rings. The van der Waals surface area contributed by atoms with Crippen molar-refractivity contribution in [2.45, 2.75) is 0 Å². The summed E-state index contributed by atoms with van der Waals surface area (Å²) in [5, 5.41) is 13.2. The molecule has 34 heavy (non-hydrogen) atoms. The molecule has 18 heteroatoms. The van der Waals surface area contributed by atoms with Crippen molar-refractivity contribution in [3.05, 3.63) is 10.6 Å². The van der Waals surface area contributed by atoms with Crippen molar-refractivity contribution in [2.24, 2.45) is 0 Å². The third kappa shape index (κ3) is 2.66. The molecule has 4 heterocycles. The van der Waals surface area contributed by atoms with Gasteiger partial charge in [-0.2, -0.15) is 28.5 Å². The maximum absolute atomic E-state index is 6.37. The minimum Gasteiger partial charge on any atom is -0.189 e. The van der Waals surface area contributed by atoms with Crippen LogP contribution < -0.4 is 38.2 Å². The number of halogens is 2. The van der Waals surface area contributed by atoms with Crippen LogP contribution in [0.1, 0.15) is 0 Å². The Bertz CT molecular complexity index is 1800. The summed E-state index contributed by atoms with van der Waals surface area (Å²) in [5.74, 6) is 0.614. The maximum atomic E-state index is 6.37. The van der Waals surface area contributed by atoms with Crippen molar-refractivity contribution < 1.29 is 0 Å². The van der Waals surface area contributed by atoms with Crippen LogP contribution in [0.2, 0.25) is 10.6 Å². The summed E-state index contributed by atoms with van der Waals surface area (Å²) < 4.78 is 3.93. The lowest BCUT2D eigenvalue weighted by Crippen LogP contribution is -2.52. The molecule has 9 nitrogen and oxygen atoms in total. The summed E-state index contributed by atoms with van der Waals surface area (Å²) in [5.41, 5.74) is 0.703. The lowest BCUT2D eigenvalue weighted by molar-refractivity contribution is 0.816. The zero-order chi connectivity index (χ0) is 24.2. The number of hydrogen-bond acceptors (Lipinski definition) is 6. The third-order valence-electron chi connectivity index (χ3n) is 5.54. The molecule has 144 valence electrons. The standard InChI is InChI=1S/C16B7Cl2N9/c17-4-1-2(6(19)10(23)9(4)22)5(18)8(21)7(20)3(1)11-26-14-32(29-11)15-27-12(24)31-34(15)16-28-13(25)30-33(14)16. The summed E-state index contributed by atoms with van der Waals surface area (Å²) in [6.07, 6.45) is 0. The van der Waals surface area contributed by atoms with Gasteiger partial charge in [0, 0.05) is 5.56 Å². The van der Waals surface area contributed by atoms with Crippen LogP contribution in [0.3, 0.4) is 0 Å². The average Bonchev–Trinajstić information content (AvgIpc) is 3.50. The second-order valence-electron chi connectivity index (χ2n) is 7.35. The number of aromatic nitrogens is 9. The van der Waals surface area contributed by atoms with Gasteiger partial charge in [0.25, 0.3) is 17.3 Å². The summed E-state index contributed by atoms with van der Waals surface area (Å²) in [6, 6.07) is 0. The zero-order valence-electron chi connectivity index (χ0n) is 16.8. The highest BCUT2D eigenvalue weighted by Crippen LogP contribution is 2.22. The van der Waals surface area contributed by atoms with E-state index in [1.807, 2.05) is 0 Å². The van der Waals surface area contributed by atoms with Crippen LogP contribution in [-0.2, 0) is 0 Å². The van der Waals surface area contributed by atoms with Crippen molar-refractivity contribution in [3.8, 4) is 11.4 Å². The summed E-state index contributed by atoms with van der Waals surface area (Å²) in [4.78, 5) is 12.9. The first-order valence-corrected chi connectivity index (χ1v) is 10.1. The molecule has 0 aliphatic rings. The van der Waals surface area contributed by atoms with Crippen LogP contribution in [-0.4, -0.2) is 98.7 Å². The lowest BCUT2D eigenvalue weighted by atomic mass is 9.59. The highest BCUT2D eigenvalue weighted by molar-refractivity contribution is 6.71. The summed E-state index contributed by atoms with van der Waals surface area (Å²) >= 11 is 12.0. The van der Waals surface area contributed by atoms with Crippen LogP contribution in [0.4, 0.5) is 0 Å². The van der Waals surface area contributed by atoms with E-state index < -0.39 is 0 Å². The Kier molecular flexibility index (Phi) is 4.51. The summed E-state index contributed by atoms with van der Waals surface area (Å²) in [7, 11) is 43.5. The van der Waals surface area contributed by atoms with Gasteiger partial charge in [0.2, 0.25) is 10.6 Å². The molecule has 0 spiro atoms. The van der Waals surface area contributed by atoms with Crippen LogP contribution in [0.5, 0.6) is 0 Å². The molecule has 6 rings (SSSR count). The Morgan fingerprint density at radius 1 is 0.471 bits per heavy atom. The fourth-order valence-corrected chi connectivity index (χ4v) is 4.23. The minimum atomic E-state index is -0.0625. The number of fused-ring (bicyclic) bond motifs is 7. The molecule has 2 aromatic carbocycles. The number of nitrogens with zero attached hydrogens (tertiary/aromatic N) is 9.